The van der Waals surface area contributed by atoms with E-state index in [4.69, 9.17) is 0 Å². The van der Waals surface area contributed by atoms with Gasteiger partial charge in [-0.2, -0.15) is 0 Å². The summed E-state index contributed by atoms with van der Waals surface area (Å²) in [5, 5.41) is 0. The maximum Gasteiger partial charge on any atom is 0.306 e. The van der Waals surface area contributed by atoms with Gasteiger partial charge in [-0.15, -0.1) is 0 Å². The molecule has 4 heteroatoms. The van der Waals surface area contributed by atoms with Crippen molar-refractivity contribution in [2.75, 3.05) is 12.9 Å². The predicted molar refractivity (Wildman–Crippen MR) is 49.4 cm³/mol. The molecular formula is C8H16O3S. The molecule has 0 fully saturated rings. The van der Waals surface area contributed by atoms with Crippen LogP contribution in [0, 0.1) is 0 Å². The Morgan fingerprint density at radius 2 is 1.92 bits per heavy atom. The highest BCUT2D eigenvalue weighted by Crippen LogP contribution is 2.11. The Morgan fingerprint density at radius 1 is 1.42 bits per heavy atom. The molecule has 0 amide bonds. The predicted octanol–water partition coefficient (Wildman–Crippen LogP) is 1.10. The van der Waals surface area contributed by atoms with Gasteiger partial charge in [-0.1, -0.05) is 0 Å². The summed E-state index contributed by atoms with van der Waals surface area (Å²) in [5.41, 5.74) is 0. The van der Waals surface area contributed by atoms with Crippen LogP contribution in [0.4, 0.5) is 0 Å². The first-order valence-corrected chi connectivity index (χ1v) is 5.15. The van der Waals surface area contributed by atoms with Crippen molar-refractivity contribution in [2.45, 2.75) is 31.9 Å². The van der Waals surface area contributed by atoms with E-state index in [2.05, 4.69) is 4.74 Å². The normalized spacial score (nSPS) is 14.0. The number of ether oxygens (including phenoxy) is 1. The van der Waals surface area contributed by atoms with Crippen molar-refractivity contribution in [3.05, 3.63) is 0 Å². The molecule has 0 rings (SSSR count). The molecule has 0 aliphatic heterocycles. The first-order valence-electron chi connectivity index (χ1n) is 3.83. The van der Waals surface area contributed by atoms with Crippen LogP contribution in [0.5, 0.6) is 0 Å². The zero-order valence-electron chi connectivity index (χ0n) is 8.05. The molecular weight excluding hydrogens is 176 g/mol. The van der Waals surface area contributed by atoms with Crippen LogP contribution in [0.3, 0.4) is 0 Å². The highest BCUT2D eigenvalue weighted by atomic mass is 32.2. The molecule has 0 bridgehead atoms. The summed E-state index contributed by atoms with van der Waals surface area (Å²) in [6, 6.07) is 0. The molecule has 12 heavy (non-hydrogen) atoms. The van der Waals surface area contributed by atoms with Crippen LogP contribution in [-0.4, -0.2) is 27.8 Å². The molecule has 0 aliphatic rings. The van der Waals surface area contributed by atoms with Gasteiger partial charge in [0.1, 0.15) is 0 Å². The molecule has 0 radical (unpaired) electrons. The molecule has 3 nitrogen and oxygen atoms in total. The lowest BCUT2D eigenvalue weighted by molar-refractivity contribution is -0.140. The Morgan fingerprint density at radius 3 is 2.25 bits per heavy atom. The number of carbonyl (C=O) groups is 1. The van der Waals surface area contributed by atoms with Gasteiger partial charge >= 0.3 is 5.97 Å². The van der Waals surface area contributed by atoms with Gasteiger partial charge in [-0.05, 0) is 20.8 Å². The van der Waals surface area contributed by atoms with Crippen LogP contribution in [0.15, 0.2) is 0 Å². The van der Waals surface area contributed by atoms with Crippen molar-refractivity contribution in [3.8, 4) is 0 Å². The smallest absolute Gasteiger partial charge is 0.306 e. The molecule has 0 heterocycles. The fraction of sp³-hybridized carbons (Fsp3) is 0.875. The minimum atomic E-state index is -0.960. The Hall–Kier alpha value is -0.380. The molecule has 0 aliphatic carbocycles. The summed E-state index contributed by atoms with van der Waals surface area (Å²) in [4.78, 5) is 10.7. The van der Waals surface area contributed by atoms with Gasteiger partial charge in [-0.3, -0.25) is 9.00 Å². The minimum absolute atomic E-state index is 0.236. The van der Waals surface area contributed by atoms with E-state index in [-0.39, 0.29) is 17.1 Å². The highest BCUT2D eigenvalue weighted by molar-refractivity contribution is 7.86. The summed E-state index contributed by atoms with van der Waals surface area (Å²) in [6.45, 7) is 5.67. The molecule has 0 aromatic rings. The summed E-state index contributed by atoms with van der Waals surface area (Å²) >= 11 is 0. The maximum absolute atomic E-state index is 11.4. The van der Waals surface area contributed by atoms with E-state index in [1.165, 1.54) is 7.11 Å². The lowest BCUT2D eigenvalue weighted by Crippen LogP contribution is -2.25. The van der Waals surface area contributed by atoms with Gasteiger partial charge in [0.15, 0.2) is 0 Å². The summed E-state index contributed by atoms with van der Waals surface area (Å²) in [7, 11) is 0.375. The summed E-state index contributed by atoms with van der Waals surface area (Å²) in [5.74, 6) is 0.0866. The van der Waals surface area contributed by atoms with Crippen LogP contribution in [-0.2, 0) is 20.3 Å². The zero-order valence-corrected chi connectivity index (χ0v) is 8.86. The minimum Gasteiger partial charge on any atom is -0.469 e. The van der Waals surface area contributed by atoms with Crippen molar-refractivity contribution >= 4 is 16.8 Å². The fourth-order valence-electron chi connectivity index (χ4n) is 0.584. The number of methoxy groups -OCH3 is 1. The van der Waals surface area contributed by atoms with Crippen LogP contribution >= 0.6 is 0 Å². The average molecular weight is 192 g/mol. The lowest BCUT2D eigenvalue weighted by atomic mass is 10.3. The van der Waals surface area contributed by atoms with Crippen LogP contribution in [0.2, 0.25) is 0 Å². The zero-order chi connectivity index (χ0) is 9.78. The van der Waals surface area contributed by atoms with Crippen molar-refractivity contribution in [2.24, 2.45) is 0 Å². The second kappa shape index (κ2) is 4.60. The Kier molecular flexibility index (Phi) is 4.45. The van der Waals surface area contributed by atoms with Crippen LogP contribution in [0.1, 0.15) is 27.2 Å². The first-order chi connectivity index (χ1) is 5.38. The van der Waals surface area contributed by atoms with E-state index >= 15 is 0 Å². The van der Waals surface area contributed by atoms with Gasteiger partial charge in [0.2, 0.25) is 0 Å². The van der Waals surface area contributed by atoms with Gasteiger partial charge in [0, 0.05) is 21.3 Å². The van der Waals surface area contributed by atoms with Crippen molar-refractivity contribution < 1.29 is 13.7 Å². The van der Waals surface area contributed by atoms with E-state index < -0.39 is 10.8 Å². The molecule has 0 N–H and O–H groups in total. The molecule has 0 saturated heterocycles. The second-order valence-corrected chi connectivity index (χ2v) is 5.81. The number of hydrogen-bond acceptors (Lipinski definition) is 3. The van der Waals surface area contributed by atoms with Crippen molar-refractivity contribution in [1.29, 1.82) is 0 Å². The first kappa shape index (κ1) is 11.6. The Bertz CT molecular complexity index is 181. The van der Waals surface area contributed by atoms with Crippen molar-refractivity contribution in [1.82, 2.24) is 0 Å². The van der Waals surface area contributed by atoms with E-state index in [0.29, 0.717) is 5.75 Å². The number of hydrogen-bond donors (Lipinski definition) is 0. The van der Waals surface area contributed by atoms with E-state index in [1.54, 1.807) is 0 Å². The lowest BCUT2D eigenvalue weighted by Gasteiger charge is -2.16. The number of carbonyl (C=O) groups excluding carboxylic acids is 1. The van der Waals surface area contributed by atoms with Crippen LogP contribution in [0.25, 0.3) is 0 Å². The third kappa shape index (κ3) is 4.49. The standard InChI is InChI=1S/C8H16O3S/c1-8(2,3)12(10)6-5-7(9)11-4/h5-6H2,1-4H3. The number of esters is 1. The molecule has 0 aromatic carbocycles. The van der Waals surface area contributed by atoms with Gasteiger partial charge in [-0.25, -0.2) is 0 Å². The largest absolute Gasteiger partial charge is 0.469 e. The fourth-order valence-corrected chi connectivity index (χ4v) is 1.55. The van der Waals surface area contributed by atoms with Crippen molar-refractivity contribution in [3.63, 3.8) is 0 Å². The monoisotopic (exact) mass is 192 g/mol. The molecule has 1 unspecified atom stereocenters. The van der Waals surface area contributed by atoms with Gasteiger partial charge < -0.3 is 4.74 Å². The van der Waals surface area contributed by atoms with E-state index in [1.807, 2.05) is 20.8 Å². The Labute approximate surface area is 75.9 Å². The molecule has 0 spiro atoms. The number of rotatable bonds is 3. The summed E-state index contributed by atoms with van der Waals surface area (Å²) in [6.07, 6.45) is 0.236. The van der Waals surface area contributed by atoms with Gasteiger partial charge in [0.05, 0.1) is 13.5 Å². The van der Waals surface area contributed by atoms with E-state index in [0.717, 1.165) is 0 Å². The van der Waals surface area contributed by atoms with Gasteiger partial charge in [0.25, 0.3) is 0 Å². The third-order valence-corrected chi connectivity index (χ3v) is 3.34. The van der Waals surface area contributed by atoms with E-state index in [9.17, 15) is 9.00 Å². The average Bonchev–Trinajstić information content (AvgIpc) is 1.97. The Balaban J connectivity index is 3.81. The summed E-state index contributed by atoms with van der Waals surface area (Å²) < 4.78 is 15.6. The SMILES string of the molecule is COC(=O)CCS(=O)C(C)(C)C. The molecule has 0 saturated carbocycles. The quantitative estimate of drug-likeness (QED) is 0.629. The molecule has 1 atom stereocenters. The second-order valence-electron chi connectivity index (χ2n) is 3.49. The maximum atomic E-state index is 11.4. The molecule has 72 valence electrons. The molecule has 0 aromatic heterocycles. The third-order valence-electron chi connectivity index (χ3n) is 1.40. The highest BCUT2D eigenvalue weighted by Gasteiger charge is 2.19. The topological polar surface area (TPSA) is 43.4 Å². The van der Waals surface area contributed by atoms with Crippen LogP contribution < -0.4 is 0 Å².